The van der Waals surface area contributed by atoms with Crippen molar-refractivity contribution in [3.8, 4) is 5.75 Å². The average molecular weight is 358 g/mol. The maximum atomic E-state index is 12.3. The zero-order valence-electron chi connectivity index (χ0n) is 13.4. The van der Waals surface area contributed by atoms with Gasteiger partial charge in [0.2, 0.25) is 0 Å². The van der Waals surface area contributed by atoms with E-state index in [1.54, 1.807) is 31.2 Å². The van der Waals surface area contributed by atoms with Gasteiger partial charge in [0, 0.05) is 5.70 Å². The first-order valence-electron chi connectivity index (χ1n) is 7.43. The number of benzene rings is 1. The summed E-state index contributed by atoms with van der Waals surface area (Å²) in [6.45, 7) is 4.05. The molecule has 0 aromatic heterocycles. The van der Waals surface area contributed by atoms with Crippen molar-refractivity contribution in [2.45, 2.75) is 19.1 Å². The summed E-state index contributed by atoms with van der Waals surface area (Å²) < 4.78 is 46.6. The van der Waals surface area contributed by atoms with Gasteiger partial charge in [-0.2, -0.15) is 13.2 Å². The predicted octanol–water partition coefficient (Wildman–Crippen LogP) is 2.67. The molecular formula is C16H17F3N2O4. The highest BCUT2D eigenvalue weighted by atomic mass is 19.4. The van der Waals surface area contributed by atoms with Gasteiger partial charge in [0.1, 0.15) is 11.7 Å². The Labute approximate surface area is 142 Å². The van der Waals surface area contributed by atoms with Gasteiger partial charge in [0.05, 0.1) is 12.6 Å². The maximum absolute atomic E-state index is 12.3. The molecule has 0 aliphatic carbocycles. The minimum atomic E-state index is -4.65. The highest BCUT2D eigenvalue weighted by molar-refractivity contribution is 5.85. The molecule has 2 N–H and O–H groups in total. The quantitative estimate of drug-likeness (QED) is 0.794. The zero-order chi connectivity index (χ0) is 18.6. The van der Waals surface area contributed by atoms with Crippen LogP contribution in [0.1, 0.15) is 18.5 Å². The van der Waals surface area contributed by atoms with Crippen LogP contribution in [0.5, 0.6) is 5.75 Å². The predicted molar refractivity (Wildman–Crippen MR) is 81.7 cm³/mol. The molecule has 0 radical (unpaired) electrons. The van der Waals surface area contributed by atoms with Gasteiger partial charge in [-0.15, -0.1) is 0 Å². The molecule has 0 spiro atoms. The number of esters is 1. The van der Waals surface area contributed by atoms with Gasteiger partial charge in [-0.25, -0.2) is 4.79 Å². The molecule has 1 saturated heterocycles. The molecule has 2 unspecified atom stereocenters. The fraction of sp³-hybridized carbons (Fsp3) is 0.375. The first-order valence-corrected chi connectivity index (χ1v) is 7.43. The minimum absolute atomic E-state index is 0.0391. The summed E-state index contributed by atoms with van der Waals surface area (Å²) in [6, 6.07) is 5.00. The van der Waals surface area contributed by atoms with Crippen LogP contribution in [0.15, 0.2) is 36.5 Å². The van der Waals surface area contributed by atoms with Crippen LogP contribution in [0, 0.1) is 5.92 Å². The number of hydrogen-bond donors (Lipinski definition) is 2. The summed E-state index contributed by atoms with van der Waals surface area (Å²) in [5.41, 5.74) is 0.443. The van der Waals surface area contributed by atoms with Crippen LogP contribution in [-0.2, 0) is 9.53 Å². The van der Waals surface area contributed by atoms with Gasteiger partial charge in [-0.05, 0) is 24.6 Å². The molecule has 136 valence electrons. The van der Waals surface area contributed by atoms with E-state index in [4.69, 9.17) is 4.74 Å². The lowest BCUT2D eigenvalue weighted by molar-refractivity contribution is -0.189. The molecule has 1 aliphatic heterocycles. The summed E-state index contributed by atoms with van der Waals surface area (Å²) >= 11 is 0. The lowest BCUT2D eigenvalue weighted by atomic mass is 9.89. The highest BCUT2D eigenvalue weighted by Crippen LogP contribution is 2.32. The van der Waals surface area contributed by atoms with Crippen LogP contribution in [0.3, 0.4) is 0 Å². The summed E-state index contributed by atoms with van der Waals surface area (Å²) in [5.74, 6) is -1.85. The first-order chi connectivity index (χ1) is 11.7. The highest BCUT2D eigenvalue weighted by Gasteiger charge is 2.40. The molecule has 2 atom stereocenters. The van der Waals surface area contributed by atoms with Crippen molar-refractivity contribution in [3.63, 3.8) is 0 Å². The van der Waals surface area contributed by atoms with Crippen LogP contribution in [-0.4, -0.2) is 31.4 Å². The molecular weight excluding hydrogens is 341 g/mol. The molecule has 1 aromatic carbocycles. The molecule has 1 heterocycles. The van der Waals surface area contributed by atoms with Crippen molar-refractivity contribution in [3.05, 3.63) is 42.1 Å². The Bertz CT molecular complexity index is 676. The van der Waals surface area contributed by atoms with Crippen LogP contribution in [0.2, 0.25) is 0 Å². The van der Waals surface area contributed by atoms with Crippen LogP contribution in [0.4, 0.5) is 18.0 Å². The molecule has 25 heavy (non-hydrogen) atoms. The van der Waals surface area contributed by atoms with Gasteiger partial charge in [0.25, 0.3) is 0 Å². The Morgan fingerprint density at radius 1 is 1.36 bits per heavy atom. The Hall–Kier alpha value is -2.71. The van der Waals surface area contributed by atoms with Crippen molar-refractivity contribution < 1.29 is 32.2 Å². The Kier molecular flexibility index (Phi) is 5.55. The topological polar surface area (TPSA) is 76.7 Å². The van der Waals surface area contributed by atoms with Crippen LogP contribution < -0.4 is 15.4 Å². The first kappa shape index (κ1) is 18.6. The zero-order valence-corrected chi connectivity index (χ0v) is 13.4. The van der Waals surface area contributed by atoms with Crippen LogP contribution >= 0.6 is 0 Å². The fourth-order valence-corrected chi connectivity index (χ4v) is 2.45. The van der Waals surface area contributed by atoms with Crippen LogP contribution in [0.25, 0.3) is 0 Å². The van der Waals surface area contributed by atoms with Gasteiger partial charge in [0.15, 0.2) is 6.61 Å². The minimum Gasteiger partial charge on any atom is -0.494 e. The third-order valence-electron chi connectivity index (χ3n) is 3.43. The number of urea groups is 1. The summed E-state index contributed by atoms with van der Waals surface area (Å²) in [6.07, 6.45) is -4.65. The monoisotopic (exact) mass is 358 g/mol. The molecule has 1 aliphatic rings. The summed E-state index contributed by atoms with van der Waals surface area (Å²) in [4.78, 5) is 23.9. The molecule has 0 bridgehead atoms. The smallest absolute Gasteiger partial charge is 0.422 e. The molecule has 6 nitrogen and oxygen atoms in total. The van der Waals surface area contributed by atoms with Gasteiger partial charge >= 0.3 is 18.2 Å². The lowest BCUT2D eigenvalue weighted by Gasteiger charge is -2.33. The largest absolute Gasteiger partial charge is 0.494 e. The molecule has 2 rings (SSSR count). The third kappa shape index (κ3) is 4.88. The second kappa shape index (κ2) is 7.45. The van der Waals surface area contributed by atoms with Crippen molar-refractivity contribution in [1.82, 2.24) is 10.6 Å². The summed E-state index contributed by atoms with van der Waals surface area (Å²) in [7, 11) is 0. The number of halogens is 3. The third-order valence-corrected chi connectivity index (χ3v) is 3.43. The normalized spacial score (nSPS) is 20.5. The van der Waals surface area contributed by atoms with Gasteiger partial charge < -0.3 is 20.1 Å². The Morgan fingerprint density at radius 2 is 2.08 bits per heavy atom. The number of carbonyl (C=O) groups excluding carboxylic acids is 2. The lowest BCUT2D eigenvalue weighted by Crippen LogP contribution is -2.51. The number of amides is 2. The molecule has 9 heteroatoms. The van der Waals surface area contributed by atoms with E-state index in [-0.39, 0.29) is 5.70 Å². The Morgan fingerprint density at radius 3 is 2.72 bits per heavy atom. The standard InChI is InChI=1S/C16H17F3N2O4/c1-3-24-11-6-4-5-10(7-11)13-12(9(2)20-15(23)21-13)14(22)25-8-16(17,18)19/h4-7,12-13H,2-3,8H2,1H3,(H2,20,21,23). The maximum Gasteiger partial charge on any atom is 0.422 e. The van der Waals surface area contributed by atoms with Gasteiger partial charge in [-0.1, -0.05) is 18.7 Å². The number of alkyl halides is 3. The van der Waals surface area contributed by atoms with E-state index < -0.39 is 36.7 Å². The van der Waals surface area contributed by atoms with Crippen molar-refractivity contribution >= 4 is 12.0 Å². The molecule has 0 saturated carbocycles. The molecule has 2 amide bonds. The van der Waals surface area contributed by atoms with E-state index in [0.29, 0.717) is 17.9 Å². The number of nitrogens with one attached hydrogen (secondary N) is 2. The summed E-state index contributed by atoms with van der Waals surface area (Å²) in [5, 5.41) is 4.80. The van der Waals surface area contributed by atoms with Crippen molar-refractivity contribution in [1.29, 1.82) is 0 Å². The van der Waals surface area contributed by atoms with Gasteiger partial charge in [-0.3, -0.25) is 4.79 Å². The Balaban J connectivity index is 2.27. The van der Waals surface area contributed by atoms with E-state index in [2.05, 4.69) is 21.9 Å². The fourth-order valence-electron chi connectivity index (χ4n) is 2.45. The number of carbonyl (C=O) groups is 2. The SMILES string of the molecule is C=C1NC(=O)NC(c2cccc(OCC)c2)C1C(=O)OCC(F)(F)F. The van der Waals surface area contributed by atoms with E-state index in [1.165, 1.54) is 0 Å². The number of rotatable bonds is 5. The second-order valence-electron chi connectivity index (χ2n) is 5.31. The van der Waals surface area contributed by atoms with E-state index >= 15 is 0 Å². The second-order valence-corrected chi connectivity index (χ2v) is 5.31. The van der Waals surface area contributed by atoms with E-state index in [9.17, 15) is 22.8 Å². The average Bonchev–Trinajstić information content (AvgIpc) is 2.52. The molecule has 1 aromatic rings. The van der Waals surface area contributed by atoms with Crippen molar-refractivity contribution in [2.75, 3.05) is 13.2 Å². The molecule has 1 fully saturated rings. The number of hydrogen-bond acceptors (Lipinski definition) is 4. The number of ether oxygens (including phenoxy) is 2. The van der Waals surface area contributed by atoms with Crippen molar-refractivity contribution in [2.24, 2.45) is 5.92 Å². The van der Waals surface area contributed by atoms with E-state index in [1.807, 2.05) is 0 Å². The van der Waals surface area contributed by atoms with E-state index in [0.717, 1.165) is 0 Å².